The summed E-state index contributed by atoms with van der Waals surface area (Å²) in [6.45, 7) is -1.63. The number of rotatable bonds is 3. The van der Waals surface area contributed by atoms with Crippen molar-refractivity contribution in [3.63, 3.8) is 0 Å². The molecule has 37 rings (SSSR count). The summed E-state index contributed by atoms with van der Waals surface area (Å²) in [6.07, 6.45) is 0.0393. The second-order valence-corrected chi connectivity index (χ2v) is 34.6. The topological polar surface area (TPSA) is 203 Å². The lowest BCUT2D eigenvalue weighted by atomic mass is 9.59. The predicted octanol–water partition coefficient (Wildman–Crippen LogP) is 12.9. The normalized spacial score (nSPS) is 35.8. The Kier molecular flexibility index (Phi) is 4.68. The van der Waals surface area contributed by atoms with Gasteiger partial charge in [0, 0.05) is 19.3 Å². The molecule has 6 spiro atoms. The van der Waals surface area contributed by atoms with Gasteiger partial charge in [0.2, 0.25) is 0 Å². The van der Waals surface area contributed by atoms with Crippen molar-refractivity contribution >= 4 is 270 Å². The van der Waals surface area contributed by atoms with Crippen LogP contribution in [0.2, 0.25) is 0 Å². The molecular weight excluding hydrogens is 1260 g/mol. The highest BCUT2D eigenvalue weighted by atomic mass is 31.2. The number of cyclic esters (lactones) is 2. The Hall–Kier alpha value is -10.1. The van der Waals surface area contributed by atoms with Crippen LogP contribution in [0.25, 0.3) is 227 Å². The minimum atomic E-state index is -4.50. The minimum absolute atomic E-state index is 0.00612. The highest BCUT2D eigenvalue weighted by Crippen LogP contribution is 3.10. The Morgan fingerprint density at radius 1 is 0.296 bits per heavy atom. The van der Waals surface area contributed by atoms with E-state index in [2.05, 4.69) is 0 Å². The quantitative estimate of drug-likeness (QED) is 0.0531. The van der Waals surface area contributed by atoms with E-state index in [-0.39, 0.29) is 58.9 Å². The highest BCUT2D eigenvalue weighted by Gasteiger charge is 3.15. The first kappa shape index (κ1) is 44.0. The molecular formula is C81H27O16P. The van der Waals surface area contributed by atoms with Crippen molar-refractivity contribution in [2.75, 3.05) is 61.0 Å². The summed E-state index contributed by atoms with van der Waals surface area (Å²) in [7, 11) is -0.414. The second-order valence-electron chi connectivity index (χ2n) is 32.9. The Labute approximate surface area is 538 Å². The van der Waals surface area contributed by atoms with Gasteiger partial charge in [0.05, 0.1) is 93.5 Å². The lowest BCUT2D eigenvalue weighted by Gasteiger charge is -2.41. The van der Waals surface area contributed by atoms with Gasteiger partial charge in [-0.3, -0.25) is 42.3 Å². The number of methoxy groups -OCH3 is 3. The number of carbonyl (C=O) groups is 6. The van der Waals surface area contributed by atoms with Gasteiger partial charge >= 0.3 is 43.6 Å². The van der Waals surface area contributed by atoms with E-state index in [9.17, 15) is 0 Å². The number of fused-ring (bicyclic) bond motifs is 6. The summed E-state index contributed by atoms with van der Waals surface area (Å²) >= 11 is 0. The molecule has 14 aliphatic carbocycles. The maximum atomic E-state index is 18.0. The average molecular weight is 1290 g/mol. The smallest absolute Gasteiger partial charge is 0.468 e. The van der Waals surface area contributed by atoms with Crippen molar-refractivity contribution in [1.82, 2.24) is 0 Å². The Bertz CT molecular complexity index is 8430. The Morgan fingerprint density at radius 2 is 0.551 bits per heavy atom. The maximum absolute atomic E-state index is 18.0. The van der Waals surface area contributed by atoms with Crippen molar-refractivity contribution in [3.8, 4) is 0 Å². The molecule has 16 nitrogen and oxygen atoms in total. The van der Waals surface area contributed by atoms with Gasteiger partial charge in [-0.25, -0.2) is 4.57 Å². The monoisotopic (exact) mass is 1290 g/mol. The van der Waals surface area contributed by atoms with E-state index in [1.807, 2.05) is 0 Å². The van der Waals surface area contributed by atoms with Gasteiger partial charge < -0.3 is 28.4 Å². The van der Waals surface area contributed by atoms with Gasteiger partial charge in [0.25, 0.3) is 0 Å². The van der Waals surface area contributed by atoms with Crippen LogP contribution in [0, 0.1) is 16.2 Å². The zero-order valence-corrected chi connectivity index (χ0v) is 51.7. The largest absolute Gasteiger partial charge is 0.474 e. The summed E-state index contributed by atoms with van der Waals surface area (Å²) in [5, 5.41) is 45.2. The zero-order chi connectivity index (χ0) is 62.4. The van der Waals surface area contributed by atoms with Crippen LogP contribution in [0.1, 0.15) is 74.9 Å². The van der Waals surface area contributed by atoms with Gasteiger partial charge in [-0.1, -0.05) is 0 Å². The molecule has 10 atom stereocenters. The number of benzene rings is 14. The van der Waals surface area contributed by atoms with Crippen molar-refractivity contribution in [2.24, 2.45) is 16.2 Å². The average Bonchev–Trinajstić information content (AvgIpc) is 1.32. The molecule has 17 heteroatoms. The first-order chi connectivity index (χ1) is 48.0. The molecule has 1 saturated heterocycles. The molecule has 8 bridgehead atoms. The third-order valence-corrected chi connectivity index (χ3v) is 34.3. The number of phosphoric acid groups is 1. The van der Waals surface area contributed by atoms with Crippen LogP contribution in [0.15, 0.2) is 11.1 Å². The fourth-order valence-corrected chi connectivity index (χ4v) is 34.2. The Balaban J connectivity index is 0.961. The lowest BCUT2D eigenvalue weighted by Crippen LogP contribution is -2.40. The van der Waals surface area contributed by atoms with Gasteiger partial charge in [-0.05, 0) is 293 Å². The van der Waals surface area contributed by atoms with Crippen LogP contribution in [-0.4, -0.2) is 96.8 Å². The second kappa shape index (κ2) is 10.4. The number of hydrogen-bond donors (Lipinski definition) is 0. The zero-order valence-electron chi connectivity index (χ0n) is 50.8. The molecule has 98 heavy (non-hydrogen) atoms. The number of ether oxygens (including phenoxy) is 6. The summed E-state index contributed by atoms with van der Waals surface area (Å²) in [4.78, 5) is 107. The maximum Gasteiger partial charge on any atom is 0.474 e. The summed E-state index contributed by atoms with van der Waals surface area (Å²) in [6, 6.07) is 0. The van der Waals surface area contributed by atoms with E-state index < -0.39 is 92.4 Å². The first-order valence-corrected chi connectivity index (χ1v) is 36.1. The van der Waals surface area contributed by atoms with Gasteiger partial charge in [-0.2, -0.15) is 0 Å². The van der Waals surface area contributed by atoms with E-state index in [1.54, 1.807) is 0 Å². The number of esters is 6. The summed E-state index contributed by atoms with van der Waals surface area (Å²) in [5.74, 6) is -4.90. The van der Waals surface area contributed by atoms with Crippen molar-refractivity contribution in [3.05, 3.63) is 66.8 Å². The van der Waals surface area contributed by atoms with Crippen LogP contribution >= 0.6 is 7.82 Å². The molecule has 21 aromatic carbocycles. The Morgan fingerprint density at radius 3 is 0.929 bits per heavy atom. The standard InChI is InChI=1S/C81H27O16P/c1-89-67(82)79-70(85)92-7-4-10-95-98(88)96-11-5-8-93-71(86)80(68(83)90-2)74-57-44-33-25-17-18-14-13-15-20-19(14)28-34(26(18)33)46(57)50-38(28)39-29(20)35-30-22(15)24-23-16(13)21(17)27-32(23)42-45-37(24)40(30)52-53-59(45)73(79)56(42)43-36(27)31(25)41-48(44)60(74)54-55-65(75(73,79)61(54)49(41)43)64(53)76-58(52)47(35)51(39)63-62(50)77(74,80)66(55)78(63,76)81(76,69(84)91-3)72(87)94-9-6-12-97-98/h4-12H2,1-3H3. The number of hydrogen-bond acceptors (Lipinski definition) is 16. The fourth-order valence-electron chi connectivity index (χ4n) is 32.9. The molecule has 21 aromatic rings. The van der Waals surface area contributed by atoms with Crippen molar-refractivity contribution < 1.29 is 75.3 Å². The molecule has 0 N–H and O–H groups in total. The minimum Gasteiger partial charge on any atom is -0.468 e. The number of phosphoric ester groups is 1. The molecule has 0 radical (unpaired) electrons. The molecule has 3 saturated carbocycles. The van der Waals surface area contributed by atoms with Crippen LogP contribution in [0.5, 0.6) is 0 Å². The molecule has 4 fully saturated rings. The summed E-state index contributed by atoms with van der Waals surface area (Å²) < 4.78 is 74.0. The molecule has 2 heterocycles. The summed E-state index contributed by atoms with van der Waals surface area (Å²) in [5.41, 5.74) is -6.77. The lowest BCUT2D eigenvalue weighted by molar-refractivity contribution is -0.167. The third-order valence-electron chi connectivity index (χ3n) is 32.8. The van der Waals surface area contributed by atoms with Crippen LogP contribution < -0.4 is 0 Å². The predicted molar refractivity (Wildman–Crippen MR) is 356 cm³/mol. The number of allylic oxidation sites excluding steroid dienone is 4. The third kappa shape index (κ3) is 2.42. The molecule has 2 aliphatic heterocycles. The molecule has 0 aromatic heterocycles. The van der Waals surface area contributed by atoms with Crippen LogP contribution in [-0.2, 0) is 108 Å². The van der Waals surface area contributed by atoms with E-state index in [4.69, 9.17) is 42.0 Å². The van der Waals surface area contributed by atoms with Crippen LogP contribution in [0.3, 0.4) is 0 Å². The van der Waals surface area contributed by atoms with Crippen molar-refractivity contribution in [1.29, 1.82) is 0 Å². The highest BCUT2D eigenvalue weighted by molar-refractivity contribution is 7.48. The molecule has 10 unspecified atom stereocenters. The molecule has 452 valence electrons. The fraction of sp³-hybridized carbons (Fsp3) is 0.259. The van der Waals surface area contributed by atoms with Gasteiger partial charge in [-0.15, -0.1) is 0 Å². The van der Waals surface area contributed by atoms with E-state index in [1.165, 1.54) is 113 Å². The first-order valence-electron chi connectivity index (χ1n) is 34.6. The molecule has 16 aliphatic rings. The van der Waals surface area contributed by atoms with E-state index >= 15 is 33.3 Å². The number of carbonyl (C=O) groups excluding carboxylic acids is 6. The van der Waals surface area contributed by atoms with E-state index in [0.717, 1.165) is 185 Å². The molecule has 0 amide bonds. The van der Waals surface area contributed by atoms with Gasteiger partial charge in [0.15, 0.2) is 16.2 Å². The van der Waals surface area contributed by atoms with Crippen molar-refractivity contribution in [2.45, 2.75) is 51.8 Å². The van der Waals surface area contributed by atoms with Crippen LogP contribution in [0.4, 0.5) is 0 Å². The van der Waals surface area contributed by atoms with E-state index in [0.29, 0.717) is 16.7 Å². The van der Waals surface area contributed by atoms with Gasteiger partial charge in [0.1, 0.15) is 0 Å². The SMILES string of the molecule is COC(=O)C12C(=O)OCCCOP3(=O)OCCCOC(=O)C4(C(=O)OC)C56C7=C8C9=C%10c%11c%12c%13c%14c%15c%16c%17c(c8c8c%18c%19c(c%20c%21c5c5c%22c%23c(c%11c%11c%13c%13c%24c%14c%14c%16c(c%17%18)c%16c%19c%17c%20c%18c%21c%22c%19c%23c%11c%13c%11c%19c%18c%13c%17c%16c%14c%24c%11%13)C%101C752)C846)C91C(C(=O)OC)(C(=O)OCCCO3)C%12%151.